The van der Waals surface area contributed by atoms with Gasteiger partial charge >= 0.3 is 0 Å². The summed E-state index contributed by atoms with van der Waals surface area (Å²) in [4.78, 5) is 25.2. The van der Waals surface area contributed by atoms with Gasteiger partial charge in [0.1, 0.15) is 4.88 Å². The van der Waals surface area contributed by atoms with Crippen LogP contribution in [-0.2, 0) is 6.54 Å². The van der Waals surface area contributed by atoms with Crippen LogP contribution in [0.3, 0.4) is 0 Å². The molecule has 0 saturated carbocycles. The van der Waals surface area contributed by atoms with Gasteiger partial charge in [-0.25, -0.2) is 0 Å². The number of anilines is 1. The molecule has 0 aliphatic carbocycles. The fraction of sp³-hybridized carbons (Fsp3) is 0.150. The van der Waals surface area contributed by atoms with E-state index in [0.29, 0.717) is 5.02 Å². The van der Waals surface area contributed by atoms with Crippen molar-refractivity contribution in [1.82, 2.24) is 15.0 Å². The van der Waals surface area contributed by atoms with E-state index < -0.39 is 5.91 Å². The summed E-state index contributed by atoms with van der Waals surface area (Å²) in [5, 5.41) is 6.16. The number of nitrogens with two attached hydrogens (primary N) is 1. The summed E-state index contributed by atoms with van der Waals surface area (Å²) in [6, 6.07) is 16.6. The van der Waals surface area contributed by atoms with E-state index in [1.165, 1.54) is 0 Å². The topological polar surface area (TPSA) is 97.1 Å². The zero-order valence-corrected chi connectivity index (χ0v) is 16.7. The maximum Gasteiger partial charge on any atom is 0.273 e. The van der Waals surface area contributed by atoms with Gasteiger partial charge in [0.15, 0.2) is 5.69 Å². The molecule has 0 unspecified atom stereocenters. The summed E-state index contributed by atoms with van der Waals surface area (Å²) in [5.74, 6) is -0.819. The Hall–Kier alpha value is -2.90. The lowest BCUT2D eigenvalue weighted by Gasteiger charge is -2.13. The highest BCUT2D eigenvalue weighted by Gasteiger charge is 2.23. The minimum absolute atomic E-state index is 0.0366. The molecule has 0 radical (unpaired) electrons. The Morgan fingerprint density at radius 3 is 2.50 bits per heavy atom. The first-order valence-corrected chi connectivity index (χ1v) is 9.75. The molecule has 3 rings (SSSR count). The minimum Gasteiger partial charge on any atom is -0.395 e. The van der Waals surface area contributed by atoms with Crippen LogP contribution in [0.5, 0.6) is 0 Å². The van der Waals surface area contributed by atoms with Gasteiger partial charge in [0.2, 0.25) is 0 Å². The number of carbonyl (C=O) groups excluding carboxylic acids is 2. The highest BCUT2D eigenvalue weighted by Crippen LogP contribution is 2.23. The van der Waals surface area contributed by atoms with Crippen LogP contribution >= 0.6 is 23.1 Å². The molecule has 0 aliphatic rings. The molecule has 0 bridgehead atoms. The zero-order chi connectivity index (χ0) is 20.1. The quantitative estimate of drug-likeness (QED) is 0.571. The van der Waals surface area contributed by atoms with Crippen molar-refractivity contribution in [2.24, 2.45) is 0 Å². The van der Waals surface area contributed by atoms with Crippen molar-refractivity contribution in [1.29, 1.82) is 0 Å². The van der Waals surface area contributed by atoms with Crippen LogP contribution in [0.15, 0.2) is 54.6 Å². The van der Waals surface area contributed by atoms with Crippen molar-refractivity contribution in [2.75, 3.05) is 5.73 Å². The number of nitrogens with one attached hydrogen (secondary N) is 2. The first-order chi connectivity index (χ1) is 13.5. The van der Waals surface area contributed by atoms with Gasteiger partial charge in [0.25, 0.3) is 11.8 Å². The molecule has 8 heteroatoms. The molecule has 1 aromatic heterocycles. The Morgan fingerprint density at radius 2 is 1.79 bits per heavy atom. The van der Waals surface area contributed by atoms with E-state index in [4.69, 9.17) is 17.3 Å². The fourth-order valence-corrected chi connectivity index (χ4v) is 3.52. The molecule has 1 atom stereocenters. The first kappa shape index (κ1) is 19.9. The molecule has 2 aromatic carbocycles. The van der Waals surface area contributed by atoms with Gasteiger partial charge in [-0.2, -0.15) is 4.37 Å². The number of aromatic nitrogens is 1. The molecule has 6 nitrogen and oxygen atoms in total. The Balaban J connectivity index is 1.66. The molecule has 144 valence electrons. The molecular weight excluding hydrogens is 396 g/mol. The van der Waals surface area contributed by atoms with Crippen molar-refractivity contribution in [3.8, 4) is 0 Å². The summed E-state index contributed by atoms with van der Waals surface area (Å²) >= 11 is 6.99. The Morgan fingerprint density at radius 1 is 1.11 bits per heavy atom. The lowest BCUT2D eigenvalue weighted by atomic mass is 10.1. The van der Waals surface area contributed by atoms with Gasteiger partial charge in [0.05, 0.1) is 11.7 Å². The van der Waals surface area contributed by atoms with E-state index in [9.17, 15) is 9.59 Å². The smallest absolute Gasteiger partial charge is 0.273 e. The predicted octanol–water partition coefficient (Wildman–Crippen LogP) is 3.80. The molecule has 1 heterocycles. The molecule has 3 aromatic rings. The standard InChI is InChI=1S/C20H19ClN4O2S/c1-12(13-7-3-2-4-8-13)24-20(27)18-16(22)17(25-28-18)19(26)23-11-14-9-5-6-10-15(14)21/h2-10,12H,11,22H2,1H3,(H,23,26)(H,24,27)/t12-/m1/s1. The van der Waals surface area contributed by atoms with Crippen molar-refractivity contribution >= 4 is 40.6 Å². The summed E-state index contributed by atoms with van der Waals surface area (Å²) < 4.78 is 4.06. The second kappa shape index (κ2) is 8.86. The third-order valence-electron chi connectivity index (χ3n) is 4.19. The number of hydrogen-bond acceptors (Lipinski definition) is 5. The van der Waals surface area contributed by atoms with Crippen LogP contribution in [-0.4, -0.2) is 16.2 Å². The van der Waals surface area contributed by atoms with Crippen molar-refractivity contribution in [3.63, 3.8) is 0 Å². The van der Waals surface area contributed by atoms with Crippen LogP contribution in [0.2, 0.25) is 5.02 Å². The number of carbonyl (C=O) groups is 2. The largest absolute Gasteiger partial charge is 0.395 e. The Kier molecular flexibility index (Phi) is 6.28. The normalized spacial score (nSPS) is 11.6. The van der Waals surface area contributed by atoms with Crippen LogP contribution < -0.4 is 16.4 Å². The highest BCUT2D eigenvalue weighted by molar-refractivity contribution is 7.09. The number of amides is 2. The summed E-state index contributed by atoms with van der Waals surface area (Å²) in [6.45, 7) is 2.11. The number of nitrogen functional groups attached to an aromatic ring is 1. The average Bonchev–Trinajstić information content (AvgIpc) is 3.09. The van der Waals surface area contributed by atoms with Crippen LogP contribution in [0.1, 0.15) is 44.3 Å². The first-order valence-electron chi connectivity index (χ1n) is 8.60. The molecule has 28 heavy (non-hydrogen) atoms. The van der Waals surface area contributed by atoms with E-state index in [1.807, 2.05) is 55.5 Å². The van der Waals surface area contributed by atoms with E-state index in [0.717, 1.165) is 22.7 Å². The number of benzene rings is 2. The third-order valence-corrected chi connectivity index (χ3v) is 5.42. The number of halogens is 1. The van der Waals surface area contributed by atoms with Gasteiger partial charge < -0.3 is 16.4 Å². The Bertz CT molecular complexity index is 991. The predicted molar refractivity (Wildman–Crippen MR) is 111 cm³/mol. The highest BCUT2D eigenvalue weighted by atomic mass is 35.5. The lowest BCUT2D eigenvalue weighted by Crippen LogP contribution is -2.27. The van der Waals surface area contributed by atoms with Gasteiger partial charge in [0, 0.05) is 11.6 Å². The molecular formula is C20H19ClN4O2S. The van der Waals surface area contributed by atoms with E-state index in [2.05, 4.69) is 15.0 Å². The Labute approximate surface area is 171 Å². The average molecular weight is 415 g/mol. The van der Waals surface area contributed by atoms with E-state index in [1.54, 1.807) is 6.07 Å². The second-order valence-electron chi connectivity index (χ2n) is 6.15. The van der Waals surface area contributed by atoms with Gasteiger partial charge in [-0.3, -0.25) is 9.59 Å². The maximum atomic E-state index is 12.5. The van der Waals surface area contributed by atoms with E-state index in [-0.39, 0.29) is 34.8 Å². The molecule has 2 amide bonds. The van der Waals surface area contributed by atoms with Crippen molar-refractivity contribution in [2.45, 2.75) is 19.5 Å². The second-order valence-corrected chi connectivity index (χ2v) is 7.33. The number of nitrogens with zero attached hydrogens (tertiary/aromatic N) is 1. The molecule has 0 aliphatic heterocycles. The van der Waals surface area contributed by atoms with Gasteiger partial charge in [-0.15, -0.1) is 0 Å². The van der Waals surface area contributed by atoms with Crippen molar-refractivity contribution < 1.29 is 9.59 Å². The van der Waals surface area contributed by atoms with Crippen LogP contribution in [0, 0.1) is 0 Å². The number of rotatable bonds is 6. The van der Waals surface area contributed by atoms with Crippen LogP contribution in [0.4, 0.5) is 5.69 Å². The molecule has 0 saturated heterocycles. The van der Waals surface area contributed by atoms with Crippen molar-refractivity contribution in [3.05, 3.63) is 81.3 Å². The summed E-state index contributed by atoms with van der Waals surface area (Å²) in [5.41, 5.74) is 7.87. The fourth-order valence-electron chi connectivity index (χ4n) is 2.61. The summed E-state index contributed by atoms with van der Waals surface area (Å²) in [7, 11) is 0. The summed E-state index contributed by atoms with van der Waals surface area (Å²) in [6.07, 6.45) is 0. The van der Waals surface area contributed by atoms with E-state index >= 15 is 0 Å². The monoisotopic (exact) mass is 414 g/mol. The third kappa shape index (κ3) is 4.49. The number of hydrogen-bond donors (Lipinski definition) is 3. The lowest BCUT2D eigenvalue weighted by molar-refractivity contribution is 0.0942. The SMILES string of the molecule is C[C@@H](NC(=O)c1snc(C(=O)NCc2ccccc2Cl)c1N)c1ccccc1. The van der Waals surface area contributed by atoms with Gasteiger partial charge in [-0.05, 0) is 35.6 Å². The zero-order valence-electron chi connectivity index (χ0n) is 15.1. The maximum absolute atomic E-state index is 12.5. The van der Waals surface area contributed by atoms with Crippen LogP contribution in [0.25, 0.3) is 0 Å². The molecule has 4 N–H and O–H groups in total. The molecule has 0 spiro atoms. The molecule has 0 fully saturated rings. The van der Waals surface area contributed by atoms with Gasteiger partial charge in [-0.1, -0.05) is 60.1 Å². The minimum atomic E-state index is -0.455.